The molecule has 29 heavy (non-hydrogen) atoms. The predicted molar refractivity (Wildman–Crippen MR) is 110 cm³/mol. The van der Waals surface area contributed by atoms with Gasteiger partial charge < -0.3 is 9.73 Å². The van der Waals surface area contributed by atoms with Gasteiger partial charge in [-0.3, -0.25) is 9.36 Å². The van der Waals surface area contributed by atoms with Crippen molar-refractivity contribution >= 4 is 17.0 Å². The molecule has 0 aliphatic carbocycles. The van der Waals surface area contributed by atoms with Gasteiger partial charge in [0.1, 0.15) is 0 Å². The standard InChI is InChI=1S/C22H22N4O3/c1-15-18(16(2)26(24-15)17-8-4-3-5-9-17)14-23-21(27)12-13-25-19-10-6-7-11-20(19)29-22(25)28/h3-11H,12-14H2,1-2H3,(H,23,27). The summed E-state index contributed by atoms with van der Waals surface area (Å²) >= 11 is 0. The van der Waals surface area contributed by atoms with E-state index in [-0.39, 0.29) is 18.9 Å². The number of oxazole rings is 1. The second-order valence-corrected chi connectivity index (χ2v) is 6.91. The SMILES string of the molecule is Cc1nn(-c2ccccc2)c(C)c1CNC(=O)CCn1c(=O)oc2ccccc21. The Morgan fingerprint density at radius 3 is 2.59 bits per heavy atom. The Kier molecular flexibility index (Phi) is 5.03. The summed E-state index contributed by atoms with van der Waals surface area (Å²) in [6.45, 7) is 4.59. The van der Waals surface area contributed by atoms with Crippen LogP contribution in [0.25, 0.3) is 16.8 Å². The molecule has 1 N–H and O–H groups in total. The molecule has 0 aliphatic rings. The van der Waals surface area contributed by atoms with Gasteiger partial charge in [-0.25, -0.2) is 9.48 Å². The first-order valence-corrected chi connectivity index (χ1v) is 9.50. The first-order chi connectivity index (χ1) is 14.0. The number of carbonyl (C=O) groups is 1. The average Bonchev–Trinajstić information content (AvgIpc) is 3.20. The number of rotatable bonds is 6. The molecule has 0 bridgehead atoms. The van der Waals surface area contributed by atoms with Crippen molar-refractivity contribution in [3.8, 4) is 5.69 Å². The van der Waals surface area contributed by atoms with E-state index in [9.17, 15) is 9.59 Å². The zero-order chi connectivity index (χ0) is 20.4. The van der Waals surface area contributed by atoms with Crippen molar-refractivity contribution in [2.24, 2.45) is 0 Å². The van der Waals surface area contributed by atoms with E-state index in [1.807, 2.05) is 67.1 Å². The third kappa shape index (κ3) is 3.71. The highest BCUT2D eigenvalue weighted by molar-refractivity contribution is 5.76. The van der Waals surface area contributed by atoms with E-state index in [0.29, 0.717) is 17.6 Å². The van der Waals surface area contributed by atoms with Gasteiger partial charge in [0, 0.05) is 30.8 Å². The summed E-state index contributed by atoms with van der Waals surface area (Å²) < 4.78 is 8.57. The summed E-state index contributed by atoms with van der Waals surface area (Å²) in [7, 11) is 0. The summed E-state index contributed by atoms with van der Waals surface area (Å²) in [5, 5.41) is 7.54. The number of carbonyl (C=O) groups excluding carboxylic acids is 1. The van der Waals surface area contributed by atoms with Gasteiger partial charge in [-0.1, -0.05) is 30.3 Å². The van der Waals surface area contributed by atoms with Crippen molar-refractivity contribution in [3.05, 3.63) is 82.1 Å². The molecular formula is C22H22N4O3. The largest absolute Gasteiger partial charge is 0.419 e. The minimum Gasteiger partial charge on any atom is -0.408 e. The second kappa shape index (κ2) is 7.79. The van der Waals surface area contributed by atoms with Crippen molar-refractivity contribution in [2.75, 3.05) is 0 Å². The fourth-order valence-corrected chi connectivity index (χ4v) is 3.47. The van der Waals surface area contributed by atoms with Gasteiger partial charge in [-0.05, 0) is 38.1 Å². The van der Waals surface area contributed by atoms with Gasteiger partial charge >= 0.3 is 5.76 Å². The molecule has 2 aromatic carbocycles. The van der Waals surface area contributed by atoms with E-state index >= 15 is 0 Å². The summed E-state index contributed by atoms with van der Waals surface area (Å²) in [5.74, 6) is -0.580. The molecule has 7 nitrogen and oxygen atoms in total. The van der Waals surface area contributed by atoms with Crippen molar-refractivity contribution in [1.29, 1.82) is 0 Å². The zero-order valence-corrected chi connectivity index (χ0v) is 16.4. The van der Waals surface area contributed by atoms with Crippen molar-refractivity contribution < 1.29 is 9.21 Å². The minimum atomic E-state index is -0.449. The number of fused-ring (bicyclic) bond motifs is 1. The predicted octanol–water partition coefficient (Wildman–Crippen LogP) is 3.10. The summed E-state index contributed by atoms with van der Waals surface area (Å²) in [6.07, 6.45) is 0.189. The van der Waals surface area contributed by atoms with Gasteiger partial charge in [-0.2, -0.15) is 5.10 Å². The molecule has 2 aromatic heterocycles. The van der Waals surface area contributed by atoms with E-state index in [4.69, 9.17) is 4.42 Å². The van der Waals surface area contributed by atoms with Crippen LogP contribution in [-0.4, -0.2) is 20.3 Å². The molecule has 148 valence electrons. The van der Waals surface area contributed by atoms with Crippen molar-refractivity contribution in [3.63, 3.8) is 0 Å². The Morgan fingerprint density at radius 2 is 1.79 bits per heavy atom. The second-order valence-electron chi connectivity index (χ2n) is 6.91. The van der Waals surface area contributed by atoms with Crippen LogP contribution < -0.4 is 11.1 Å². The number of hydrogen-bond acceptors (Lipinski definition) is 4. The highest BCUT2D eigenvalue weighted by Gasteiger charge is 2.14. The van der Waals surface area contributed by atoms with E-state index in [0.717, 1.165) is 22.6 Å². The fraction of sp³-hybridized carbons (Fsp3) is 0.227. The Hall–Kier alpha value is -3.61. The lowest BCUT2D eigenvalue weighted by molar-refractivity contribution is -0.121. The smallest absolute Gasteiger partial charge is 0.408 e. The van der Waals surface area contributed by atoms with Crippen LogP contribution in [0.4, 0.5) is 0 Å². The third-order valence-electron chi connectivity index (χ3n) is 5.04. The first-order valence-electron chi connectivity index (χ1n) is 9.50. The highest BCUT2D eigenvalue weighted by Crippen LogP contribution is 2.18. The van der Waals surface area contributed by atoms with Crippen molar-refractivity contribution in [2.45, 2.75) is 33.4 Å². The normalized spacial score (nSPS) is 11.1. The molecule has 0 aliphatic heterocycles. The molecule has 2 heterocycles. The Bertz CT molecular complexity index is 1220. The maximum absolute atomic E-state index is 12.4. The Balaban J connectivity index is 1.42. The lowest BCUT2D eigenvalue weighted by atomic mass is 10.2. The zero-order valence-electron chi connectivity index (χ0n) is 16.4. The lowest BCUT2D eigenvalue weighted by Crippen LogP contribution is -2.26. The number of benzene rings is 2. The van der Waals surface area contributed by atoms with Gasteiger partial charge in [0.25, 0.3) is 0 Å². The Morgan fingerprint density at radius 1 is 1.07 bits per heavy atom. The highest BCUT2D eigenvalue weighted by atomic mass is 16.4. The van der Waals surface area contributed by atoms with E-state index < -0.39 is 5.76 Å². The quantitative estimate of drug-likeness (QED) is 0.548. The first kappa shape index (κ1) is 18.7. The van der Waals surface area contributed by atoms with Crippen LogP contribution in [0.15, 0.2) is 63.8 Å². The van der Waals surface area contributed by atoms with Gasteiger partial charge in [-0.15, -0.1) is 0 Å². The number of amides is 1. The van der Waals surface area contributed by atoms with Gasteiger partial charge in [0.2, 0.25) is 5.91 Å². The molecule has 0 fully saturated rings. The van der Waals surface area contributed by atoms with Crippen molar-refractivity contribution in [1.82, 2.24) is 19.7 Å². The lowest BCUT2D eigenvalue weighted by Gasteiger charge is -2.07. The van der Waals surface area contributed by atoms with Crippen LogP contribution >= 0.6 is 0 Å². The Labute approximate surface area is 167 Å². The minimum absolute atomic E-state index is 0.131. The van der Waals surface area contributed by atoms with Crippen LogP contribution in [0.2, 0.25) is 0 Å². The van der Waals surface area contributed by atoms with E-state index in [2.05, 4.69) is 10.4 Å². The molecule has 0 unspecified atom stereocenters. The van der Waals surface area contributed by atoms with Gasteiger partial charge in [0.05, 0.1) is 16.9 Å². The van der Waals surface area contributed by atoms with E-state index in [1.165, 1.54) is 4.57 Å². The maximum atomic E-state index is 12.4. The molecule has 1 amide bonds. The topological polar surface area (TPSA) is 82.1 Å². The fourth-order valence-electron chi connectivity index (χ4n) is 3.47. The number of para-hydroxylation sites is 3. The van der Waals surface area contributed by atoms with Crippen LogP contribution in [-0.2, 0) is 17.9 Å². The monoisotopic (exact) mass is 390 g/mol. The molecule has 4 rings (SSSR count). The molecular weight excluding hydrogens is 368 g/mol. The number of nitrogens with one attached hydrogen (secondary N) is 1. The van der Waals surface area contributed by atoms with Gasteiger partial charge in [0.15, 0.2) is 5.58 Å². The van der Waals surface area contributed by atoms with Crippen LogP contribution in [0.1, 0.15) is 23.4 Å². The maximum Gasteiger partial charge on any atom is 0.419 e. The number of nitrogens with zero attached hydrogens (tertiary/aromatic N) is 3. The molecule has 0 radical (unpaired) electrons. The van der Waals surface area contributed by atoms with Crippen LogP contribution in [0.5, 0.6) is 0 Å². The van der Waals surface area contributed by atoms with E-state index in [1.54, 1.807) is 6.07 Å². The number of aromatic nitrogens is 3. The summed E-state index contributed by atoms with van der Waals surface area (Å²) in [4.78, 5) is 24.4. The molecule has 4 aromatic rings. The molecule has 7 heteroatoms. The average molecular weight is 390 g/mol. The summed E-state index contributed by atoms with van der Waals surface area (Å²) in [6, 6.07) is 17.1. The molecule has 0 atom stereocenters. The number of hydrogen-bond donors (Lipinski definition) is 1. The molecule has 0 spiro atoms. The molecule has 0 saturated carbocycles. The van der Waals surface area contributed by atoms with Crippen LogP contribution in [0, 0.1) is 13.8 Å². The summed E-state index contributed by atoms with van der Waals surface area (Å²) in [5.41, 5.74) is 5.07. The number of aryl methyl sites for hydroxylation is 2. The third-order valence-corrected chi connectivity index (χ3v) is 5.04. The molecule has 0 saturated heterocycles. The van der Waals surface area contributed by atoms with Crippen LogP contribution in [0.3, 0.4) is 0 Å².